The molecule has 1 aliphatic rings. The van der Waals surface area contributed by atoms with E-state index < -0.39 is 29.9 Å². The fourth-order valence-corrected chi connectivity index (χ4v) is 4.77. The number of aromatic nitrogens is 1. The molecule has 1 saturated heterocycles. The van der Waals surface area contributed by atoms with Crippen LogP contribution in [-0.4, -0.2) is 82.6 Å². The van der Waals surface area contributed by atoms with E-state index in [4.69, 9.17) is 21.4 Å². The van der Waals surface area contributed by atoms with Gasteiger partial charge in [0.25, 0.3) is 5.91 Å². The van der Waals surface area contributed by atoms with Crippen LogP contribution in [0.25, 0.3) is 10.6 Å². The van der Waals surface area contributed by atoms with Gasteiger partial charge in [-0.1, -0.05) is 55.3 Å². The van der Waals surface area contributed by atoms with Gasteiger partial charge in [0.1, 0.15) is 15.4 Å². The Labute approximate surface area is 218 Å². The first-order valence-electron chi connectivity index (χ1n) is 11.7. The third-order valence-electron chi connectivity index (χ3n) is 5.64. The average Bonchev–Trinajstić information content (AvgIpc) is 3.28. The molecule has 3 amide bonds. The number of carboxylic acid groups (broad SMARTS) is 1. The van der Waals surface area contributed by atoms with Gasteiger partial charge in [0, 0.05) is 38.2 Å². The van der Waals surface area contributed by atoms with Crippen LogP contribution in [0.5, 0.6) is 0 Å². The number of hydrogen-bond acceptors (Lipinski definition) is 7. The highest BCUT2D eigenvalue weighted by molar-refractivity contribution is 7.19. The maximum Gasteiger partial charge on any atom is 0.409 e. The number of carbonyl (C=O) groups is 4. The molecular weight excluding hydrogens is 508 g/mol. The molecule has 1 aliphatic heterocycles. The summed E-state index contributed by atoms with van der Waals surface area (Å²) in [6, 6.07) is 8.16. The van der Waals surface area contributed by atoms with Crippen LogP contribution in [0.15, 0.2) is 30.3 Å². The SMILES string of the molecule is CCCCOC(=O)N1CCN(C(=O)[C@H](CCC(=O)O)NC(=O)c2nc(-c3ccccc3)sc2Cl)CC1. The molecule has 0 saturated carbocycles. The van der Waals surface area contributed by atoms with Crippen LogP contribution in [0.1, 0.15) is 43.1 Å². The van der Waals surface area contributed by atoms with Crippen molar-refractivity contribution >= 4 is 46.8 Å². The van der Waals surface area contributed by atoms with Gasteiger partial charge in [-0.05, 0) is 12.8 Å². The van der Waals surface area contributed by atoms with Crippen molar-refractivity contribution in [2.75, 3.05) is 32.8 Å². The van der Waals surface area contributed by atoms with Crippen molar-refractivity contribution in [1.82, 2.24) is 20.1 Å². The van der Waals surface area contributed by atoms with Crippen molar-refractivity contribution in [2.45, 2.75) is 38.6 Å². The lowest BCUT2D eigenvalue weighted by molar-refractivity contribution is -0.138. The average molecular weight is 537 g/mol. The summed E-state index contributed by atoms with van der Waals surface area (Å²) in [5.41, 5.74) is 0.779. The number of ether oxygens (including phenoxy) is 1. The third-order valence-corrected chi connectivity index (χ3v) is 6.95. The number of hydrogen-bond donors (Lipinski definition) is 2. The molecule has 10 nitrogen and oxygen atoms in total. The molecule has 12 heteroatoms. The molecule has 0 bridgehead atoms. The van der Waals surface area contributed by atoms with Crippen LogP contribution in [0, 0.1) is 0 Å². The lowest BCUT2D eigenvalue weighted by Gasteiger charge is -2.36. The monoisotopic (exact) mass is 536 g/mol. The second-order valence-electron chi connectivity index (χ2n) is 8.25. The summed E-state index contributed by atoms with van der Waals surface area (Å²) in [4.78, 5) is 56.9. The normalized spacial score (nSPS) is 14.3. The van der Waals surface area contributed by atoms with Crippen LogP contribution in [-0.2, 0) is 14.3 Å². The van der Waals surface area contributed by atoms with Crippen molar-refractivity contribution in [1.29, 1.82) is 0 Å². The first-order valence-corrected chi connectivity index (χ1v) is 12.9. The zero-order valence-electron chi connectivity index (χ0n) is 19.9. The zero-order valence-corrected chi connectivity index (χ0v) is 21.5. The maximum absolute atomic E-state index is 13.2. The fourth-order valence-electron chi connectivity index (χ4n) is 3.62. The number of carboxylic acids is 1. The van der Waals surface area contributed by atoms with Crippen LogP contribution >= 0.6 is 22.9 Å². The van der Waals surface area contributed by atoms with E-state index in [0.29, 0.717) is 11.6 Å². The first-order chi connectivity index (χ1) is 17.3. The number of benzene rings is 1. The van der Waals surface area contributed by atoms with E-state index in [1.54, 1.807) is 0 Å². The highest BCUT2D eigenvalue weighted by Crippen LogP contribution is 2.31. The molecule has 0 spiro atoms. The number of thiazole rings is 1. The molecule has 1 atom stereocenters. The van der Waals surface area contributed by atoms with E-state index in [2.05, 4.69) is 10.3 Å². The second-order valence-corrected chi connectivity index (χ2v) is 9.85. The predicted octanol–water partition coefficient (Wildman–Crippen LogP) is 3.51. The van der Waals surface area contributed by atoms with Crippen molar-refractivity contribution in [3.8, 4) is 10.6 Å². The topological polar surface area (TPSA) is 129 Å². The van der Waals surface area contributed by atoms with Crippen LogP contribution in [0.4, 0.5) is 4.79 Å². The summed E-state index contributed by atoms with van der Waals surface area (Å²) < 4.78 is 5.39. The molecular formula is C24H29ClN4O6S. The van der Waals surface area contributed by atoms with Gasteiger partial charge in [0.15, 0.2) is 5.69 Å². The summed E-state index contributed by atoms with van der Waals surface area (Å²) >= 11 is 7.42. The molecule has 1 fully saturated rings. The van der Waals surface area contributed by atoms with Gasteiger partial charge < -0.3 is 25.0 Å². The van der Waals surface area contributed by atoms with Gasteiger partial charge in [0.05, 0.1) is 6.61 Å². The molecule has 194 valence electrons. The van der Waals surface area contributed by atoms with Gasteiger partial charge in [0.2, 0.25) is 5.91 Å². The lowest BCUT2D eigenvalue weighted by atomic mass is 10.1. The molecule has 2 heterocycles. The van der Waals surface area contributed by atoms with Crippen LogP contribution in [0.2, 0.25) is 4.34 Å². The number of aliphatic carboxylic acids is 1. The number of nitrogens with zero attached hydrogens (tertiary/aromatic N) is 3. The number of rotatable bonds is 10. The second kappa shape index (κ2) is 13.2. The fraction of sp³-hybridized carbons (Fsp3) is 0.458. The summed E-state index contributed by atoms with van der Waals surface area (Å²) in [7, 11) is 0. The van der Waals surface area contributed by atoms with Gasteiger partial charge in [-0.25, -0.2) is 9.78 Å². The highest BCUT2D eigenvalue weighted by Gasteiger charge is 2.32. The third kappa shape index (κ3) is 7.41. The number of piperazine rings is 1. The van der Waals surface area contributed by atoms with Crippen LogP contribution in [0.3, 0.4) is 0 Å². The van der Waals surface area contributed by atoms with E-state index in [0.717, 1.165) is 29.7 Å². The van der Waals surface area contributed by atoms with Gasteiger partial charge >= 0.3 is 12.1 Å². The molecule has 0 radical (unpaired) electrons. The quantitative estimate of drug-likeness (QED) is 0.444. The molecule has 2 aromatic rings. The Morgan fingerprint density at radius 1 is 1.14 bits per heavy atom. The number of halogens is 1. The Bertz CT molecular complexity index is 1070. The standard InChI is InChI=1S/C24H29ClN4O6S/c1-2-3-15-35-24(34)29-13-11-28(12-14-29)23(33)17(9-10-18(30)31)26-21(32)19-20(25)36-22(27-19)16-7-5-4-6-8-16/h4-8,17H,2-3,9-15H2,1H3,(H,26,32)(H,30,31)/t17-/m0/s1. The summed E-state index contributed by atoms with van der Waals surface area (Å²) in [6.45, 7) is 3.42. The van der Waals surface area contributed by atoms with E-state index in [1.807, 2.05) is 37.3 Å². The first kappa shape index (κ1) is 27.4. The predicted molar refractivity (Wildman–Crippen MR) is 135 cm³/mol. The maximum atomic E-state index is 13.2. The van der Waals surface area contributed by atoms with Crippen molar-refractivity contribution < 1.29 is 29.0 Å². The molecule has 1 aromatic heterocycles. The smallest absolute Gasteiger partial charge is 0.409 e. The van der Waals surface area contributed by atoms with E-state index >= 15 is 0 Å². The van der Waals surface area contributed by atoms with Crippen LogP contribution < -0.4 is 5.32 Å². The number of amides is 3. The Balaban J connectivity index is 1.65. The van der Waals surface area contributed by atoms with Crippen molar-refractivity contribution in [2.24, 2.45) is 0 Å². The number of unbranched alkanes of at least 4 members (excludes halogenated alkanes) is 1. The summed E-state index contributed by atoms with van der Waals surface area (Å²) in [6.07, 6.45) is 0.884. The summed E-state index contributed by atoms with van der Waals surface area (Å²) in [5.74, 6) is -2.15. The minimum Gasteiger partial charge on any atom is -0.481 e. The van der Waals surface area contributed by atoms with Crippen molar-refractivity contribution in [3.05, 3.63) is 40.4 Å². The number of carbonyl (C=O) groups excluding carboxylic acids is 3. The largest absolute Gasteiger partial charge is 0.481 e. The van der Waals surface area contributed by atoms with E-state index in [1.165, 1.54) is 9.80 Å². The Kier molecular flexibility index (Phi) is 10.1. The van der Waals surface area contributed by atoms with Gasteiger partial charge in [-0.3, -0.25) is 14.4 Å². The molecule has 36 heavy (non-hydrogen) atoms. The molecule has 3 rings (SSSR count). The van der Waals surface area contributed by atoms with Gasteiger partial charge in [-0.15, -0.1) is 11.3 Å². The Morgan fingerprint density at radius 3 is 2.44 bits per heavy atom. The lowest BCUT2D eigenvalue weighted by Crippen LogP contribution is -2.56. The molecule has 0 unspecified atom stereocenters. The zero-order chi connectivity index (χ0) is 26.1. The highest BCUT2D eigenvalue weighted by atomic mass is 35.5. The minimum atomic E-state index is -1.08. The van der Waals surface area contributed by atoms with Crippen molar-refractivity contribution in [3.63, 3.8) is 0 Å². The molecule has 1 aromatic carbocycles. The Hall–Kier alpha value is -3.18. The Morgan fingerprint density at radius 2 is 1.81 bits per heavy atom. The minimum absolute atomic E-state index is 0.0201. The summed E-state index contributed by atoms with van der Waals surface area (Å²) in [5, 5.41) is 12.3. The van der Waals surface area contributed by atoms with Gasteiger partial charge in [-0.2, -0.15) is 0 Å². The number of nitrogens with one attached hydrogen (secondary N) is 1. The van der Waals surface area contributed by atoms with E-state index in [9.17, 15) is 19.2 Å². The van der Waals surface area contributed by atoms with E-state index in [-0.39, 0.29) is 49.1 Å². The molecule has 0 aliphatic carbocycles. The molecule has 2 N–H and O–H groups in total.